The lowest BCUT2D eigenvalue weighted by atomic mass is 10.1. The Morgan fingerprint density at radius 2 is 2.20 bits per heavy atom. The van der Waals surface area contributed by atoms with Crippen LogP contribution in [-0.4, -0.2) is 31.4 Å². The molecular formula is C10H14N2O3. The van der Waals surface area contributed by atoms with Crippen LogP contribution in [0.2, 0.25) is 0 Å². The topological polar surface area (TPSA) is 74.4 Å². The molecule has 5 heteroatoms. The zero-order chi connectivity index (χ0) is 11.3. The van der Waals surface area contributed by atoms with Crippen LogP contribution in [0.1, 0.15) is 15.9 Å². The maximum Gasteiger partial charge on any atom is 0.250 e. The number of hydrogen-bond donors (Lipinski definition) is 1. The third-order valence-electron chi connectivity index (χ3n) is 2.09. The van der Waals surface area contributed by atoms with Crippen molar-refractivity contribution in [3.63, 3.8) is 0 Å². The number of carbonyl (C=O) groups is 1. The van der Waals surface area contributed by atoms with Crippen LogP contribution in [0, 0.1) is 0 Å². The van der Waals surface area contributed by atoms with E-state index in [1.165, 1.54) is 6.20 Å². The molecule has 1 amide bonds. The van der Waals surface area contributed by atoms with Crippen LogP contribution < -0.4 is 5.73 Å². The Balaban J connectivity index is 2.88. The predicted octanol–water partition coefficient (Wildman–Crippen LogP) is 0.342. The van der Waals surface area contributed by atoms with Crippen molar-refractivity contribution in [3.05, 3.63) is 29.6 Å². The number of nitrogens with zero attached hydrogens (tertiary/aromatic N) is 1. The summed E-state index contributed by atoms with van der Waals surface area (Å²) < 4.78 is 10.1. The molecule has 15 heavy (non-hydrogen) atoms. The Bertz CT molecular complexity index is 337. The van der Waals surface area contributed by atoms with E-state index >= 15 is 0 Å². The van der Waals surface area contributed by atoms with E-state index < -0.39 is 5.91 Å². The minimum Gasteiger partial charge on any atom is -0.366 e. The Labute approximate surface area is 88.2 Å². The molecule has 0 fully saturated rings. The molecule has 0 aromatic carbocycles. The van der Waals surface area contributed by atoms with Crippen molar-refractivity contribution in [2.45, 2.75) is 12.7 Å². The predicted molar refractivity (Wildman–Crippen MR) is 54.3 cm³/mol. The van der Waals surface area contributed by atoms with Crippen LogP contribution in [0.5, 0.6) is 0 Å². The highest BCUT2D eigenvalue weighted by molar-refractivity contribution is 5.93. The molecular weight excluding hydrogens is 196 g/mol. The normalized spacial score (nSPS) is 10.6. The number of pyridine rings is 1. The summed E-state index contributed by atoms with van der Waals surface area (Å²) in [6.45, 7) is 0. The van der Waals surface area contributed by atoms with Gasteiger partial charge in [-0.1, -0.05) is 0 Å². The number of ether oxygens (including phenoxy) is 2. The van der Waals surface area contributed by atoms with Crippen molar-refractivity contribution in [2.75, 3.05) is 14.2 Å². The van der Waals surface area contributed by atoms with E-state index in [2.05, 4.69) is 4.98 Å². The Kier molecular flexibility index (Phi) is 4.20. The fourth-order valence-corrected chi connectivity index (χ4v) is 1.27. The maximum atomic E-state index is 11.1. The smallest absolute Gasteiger partial charge is 0.250 e. The molecule has 2 N–H and O–H groups in total. The van der Waals surface area contributed by atoms with E-state index in [4.69, 9.17) is 15.2 Å². The molecule has 5 nitrogen and oxygen atoms in total. The van der Waals surface area contributed by atoms with E-state index in [9.17, 15) is 4.79 Å². The summed E-state index contributed by atoms with van der Waals surface area (Å²) in [4.78, 5) is 14.9. The Morgan fingerprint density at radius 3 is 2.73 bits per heavy atom. The number of aromatic nitrogens is 1. The van der Waals surface area contributed by atoms with Crippen molar-refractivity contribution < 1.29 is 14.3 Å². The van der Waals surface area contributed by atoms with Gasteiger partial charge in [0.1, 0.15) is 0 Å². The largest absolute Gasteiger partial charge is 0.366 e. The lowest BCUT2D eigenvalue weighted by molar-refractivity contribution is -0.100. The van der Waals surface area contributed by atoms with Crippen LogP contribution in [0.15, 0.2) is 18.5 Å². The highest BCUT2D eigenvalue weighted by atomic mass is 16.7. The fourth-order valence-electron chi connectivity index (χ4n) is 1.27. The molecule has 0 unspecified atom stereocenters. The summed E-state index contributed by atoms with van der Waals surface area (Å²) in [6.07, 6.45) is 3.13. The van der Waals surface area contributed by atoms with Gasteiger partial charge in [-0.15, -0.1) is 0 Å². The first-order valence-electron chi connectivity index (χ1n) is 4.47. The van der Waals surface area contributed by atoms with E-state index in [0.29, 0.717) is 12.0 Å². The zero-order valence-corrected chi connectivity index (χ0v) is 8.77. The van der Waals surface area contributed by atoms with Gasteiger partial charge in [0.15, 0.2) is 6.29 Å². The summed E-state index contributed by atoms with van der Waals surface area (Å²) in [5.41, 5.74) is 6.38. The molecule has 0 saturated carbocycles. The number of hydrogen-bond acceptors (Lipinski definition) is 4. The molecule has 0 aliphatic rings. The van der Waals surface area contributed by atoms with Gasteiger partial charge in [-0.05, 0) is 11.6 Å². The molecule has 0 bridgehead atoms. The maximum absolute atomic E-state index is 11.1. The number of rotatable bonds is 5. The van der Waals surface area contributed by atoms with Crippen molar-refractivity contribution in [1.29, 1.82) is 0 Å². The molecule has 0 aliphatic carbocycles. The SMILES string of the molecule is COC(Cc1ccncc1C(N)=O)OC. The number of primary amides is 1. The molecule has 1 heterocycles. The first-order chi connectivity index (χ1) is 7.19. The Morgan fingerprint density at radius 1 is 1.53 bits per heavy atom. The molecule has 0 spiro atoms. The second-order valence-corrected chi connectivity index (χ2v) is 3.00. The van der Waals surface area contributed by atoms with E-state index in [-0.39, 0.29) is 6.29 Å². The second-order valence-electron chi connectivity index (χ2n) is 3.00. The van der Waals surface area contributed by atoms with Crippen LogP contribution >= 0.6 is 0 Å². The van der Waals surface area contributed by atoms with Crippen LogP contribution in [0.3, 0.4) is 0 Å². The molecule has 0 radical (unpaired) electrons. The van der Waals surface area contributed by atoms with Gasteiger partial charge >= 0.3 is 0 Å². The minimum absolute atomic E-state index is 0.384. The number of methoxy groups -OCH3 is 2. The van der Waals surface area contributed by atoms with Gasteiger partial charge in [0.25, 0.3) is 5.91 Å². The average Bonchev–Trinajstić information content (AvgIpc) is 2.26. The minimum atomic E-state index is -0.496. The van der Waals surface area contributed by atoms with Crippen molar-refractivity contribution in [2.24, 2.45) is 5.73 Å². The first kappa shape index (κ1) is 11.6. The molecule has 1 rings (SSSR count). The average molecular weight is 210 g/mol. The summed E-state index contributed by atoms with van der Waals surface area (Å²) >= 11 is 0. The molecule has 1 aromatic heterocycles. The number of carbonyl (C=O) groups excluding carboxylic acids is 1. The summed E-state index contributed by atoms with van der Waals surface area (Å²) in [7, 11) is 3.08. The van der Waals surface area contributed by atoms with E-state index in [0.717, 1.165) is 5.56 Å². The fraction of sp³-hybridized carbons (Fsp3) is 0.400. The monoisotopic (exact) mass is 210 g/mol. The number of nitrogens with two attached hydrogens (primary N) is 1. The Hall–Kier alpha value is -1.46. The third-order valence-corrected chi connectivity index (χ3v) is 2.09. The van der Waals surface area contributed by atoms with Crippen molar-refractivity contribution in [3.8, 4) is 0 Å². The standard InChI is InChI=1S/C10H14N2O3/c1-14-9(15-2)5-7-3-4-12-6-8(7)10(11)13/h3-4,6,9H,5H2,1-2H3,(H2,11,13). The lowest BCUT2D eigenvalue weighted by Crippen LogP contribution is -2.20. The van der Waals surface area contributed by atoms with Crippen LogP contribution in [0.25, 0.3) is 0 Å². The van der Waals surface area contributed by atoms with Gasteiger partial charge in [-0.25, -0.2) is 0 Å². The first-order valence-corrected chi connectivity index (χ1v) is 4.47. The van der Waals surface area contributed by atoms with Crippen LogP contribution in [-0.2, 0) is 15.9 Å². The quantitative estimate of drug-likeness (QED) is 0.711. The molecule has 0 saturated heterocycles. The second kappa shape index (κ2) is 5.43. The van der Waals surface area contributed by atoms with E-state index in [1.807, 2.05) is 0 Å². The lowest BCUT2D eigenvalue weighted by Gasteiger charge is -2.14. The summed E-state index contributed by atoms with van der Waals surface area (Å²) in [6, 6.07) is 1.73. The van der Waals surface area contributed by atoms with Gasteiger partial charge < -0.3 is 15.2 Å². The van der Waals surface area contributed by atoms with Gasteiger partial charge in [0.05, 0.1) is 5.56 Å². The molecule has 82 valence electrons. The van der Waals surface area contributed by atoms with Gasteiger partial charge in [0, 0.05) is 33.0 Å². The van der Waals surface area contributed by atoms with E-state index in [1.54, 1.807) is 26.5 Å². The third kappa shape index (κ3) is 3.00. The molecule has 0 aliphatic heterocycles. The summed E-state index contributed by atoms with van der Waals surface area (Å²) in [5, 5.41) is 0. The number of amides is 1. The summed E-state index contributed by atoms with van der Waals surface area (Å²) in [5.74, 6) is -0.496. The van der Waals surface area contributed by atoms with Crippen molar-refractivity contribution >= 4 is 5.91 Å². The zero-order valence-electron chi connectivity index (χ0n) is 8.77. The van der Waals surface area contributed by atoms with Crippen molar-refractivity contribution in [1.82, 2.24) is 4.98 Å². The molecule has 0 atom stereocenters. The van der Waals surface area contributed by atoms with Gasteiger partial charge in [0.2, 0.25) is 0 Å². The van der Waals surface area contributed by atoms with Crippen LogP contribution in [0.4, 0.5) is 0 Å². The van der Waals surface area contributed by atoms with Gasteiger partial charge in [-0.2, -0.15) is 0 Å². The highest BCUT2D eigenvalue weighted by Gasteiger charge is 2.13. The van der Waals surface area contributed by atoms with Gasteiger partial charge in [-0.3, -0.25) is 9.78 Å². The highest BCUT2D eigenvalue weighted by Crippen LogP contribution is 2.10. The molecule has 1 aromatic rings.